The third kappa shape index (κ3) is 4.65. The van der Waals surface area contributed by atoms with Crippen LogP contribution in [0.1, 0.15) is 45.7 Å². The molecule has 0 aliphatic heterocycles. The van der Waals surface area contributed by atoms with E-state index in [0.717, 1.165) is 12.0 Å². The van der Waals surface area contributed by atoms with Gasteiger partial charge in [0.1, 0.15) is 0 Å². The van der Waals surface area contributed by atoms with Crippen molar-refractivity contribution in [2.75, 3.05) is 0 Å². The van der Waals surface area contributed by atoms with Crippen molar-refractivity contribution in [2.24, 2.45) is 10.2 Å². The van der Waals surface area contributed by atoms with E-state index in [1.54, 1.807) is 13.8 Å². The molecule has 0 radical (unpaired) electrons. The SMILES string of the molecule is CCC(N=NC(C)(C)OC(C)=O)c1ccccc1. The Bertz CT molecular complexity index is 413. The molecule has 0 N–H and O–H groups in total. The number of ether oxygens (including phenoxy) is 1. The molecule has 0 aromatic heterocycles. The Hall–Kier alpha value is -1.71. The molecule has 0 spiro atoms. The Kier molecular flexibility index (Phi) is 5.01. The van der Waals surface area contributed by atoms with Crippen LogP contribution in [-0.4, -0.2) is 11.7 Å². The smallest absolute Gasteiger partial charge is 0.304 e. The average Bonchev–Trinajstić information content (AvgIpc) is 2.29. The van der Waals surface area contributed by atoms with Gasteiger partial charge in [0, 0.05) is 6.92 Å². The molecular formula is C14H20N2O2. The number of hydrogen-bond acceptors (Lipinski definition) is 4. The van der Waals surface area contributed by atoms with Gasteiger partial charge in [-0.05, 0) is 25.8 Å². The lowest BCUT2D eigenvalue weighted by molar-refractivity contribution is -0.153. The van der Waals surface area contributed by atoms with Gasteiger partial charge in [-0.15, -0.1) is 5.11 Å². The maximum atomic E-state index is 10.9. The first-order valence-corrected chi connectivity index (χ1v) is 6.11. The zero-order valence-electron chi connectivity index (χ0n) is 11.4. The Morgan fingerprint density at radius 2 is 1.94 bits per heavy atom. The maximum absolute atomic E-state index is 10.9. The largest absolute Gasteiger partial charge is 0.436 e. The molecule has 4 heteroatoms. The fraction of sp³-hybridized carbons (Fsp3) is 0.500. The van der Waals surface area contributed by atoms with Crippen LogP contribution in [0.3, 0.4) is 0 Å². The summed E-state index contributed by atoms with van der Waals surface area (Å²) in [5.41, 5.74) is 0.205. The molecule has 1 rings (SSSR count). The van der Waals surface area contributed by atoms with Crippen LogP contribution < -0.4 is 0 Å². The van der Waals surface area contributed by atoms with Crippen LogP contribution in [0.4, 0.5) is 0 Å². The molecule has 98 valence electrons. The lowest BCUT2D eigenvalue weighted by Gasteiger charge is -2.19. The first kappa shape index (κ1) is 14.4. The molecule has 0 bridgehead atoms. The second kappa shape index (κ2) is 6.28. The summed E-state index contributed by atoms with van der Waals surface area (Å²) >= 11 is 0. The van der Waals surface area contributed by atoms with Crippen LogP contribution in [0.2, 0.25) is 0 Å². The number of carbonyl (C=O) groups excluding carboxylic acids is 1. The van der Waals surface area contributed by atoms with Gasteiger partial charge in [-0.1, -0.05) is 37.3 Å². The number of nitrogens with zero attached hydrogens (tertiary/aromatic N) is 2. The van der Waals surface area contributed by atoms with Gasteiger partial charge in [0.15, 0.2) is 0 Å². The minimum absolute atomic E-state index is 0.000957. The van der Waals surface area contributed by atoms with Gasteiger partial charge in [-0.2, -0.15) is 5.11 Å². The summed E-state index contributed by atoms with van der Waals surface area (Å²) in [7, 11) is 0. The highest BCUT2D eigenvalue weighted by molar-refractivity contribution is 5.66. The molecule has 0 amide bonds. The third-order valence-electron chi connectivity index (χ3n) is 2.40. The molecule has 0 heterocycles. The van der Waals surface area contributed by atoms with Crippen molar-refractivity contribution in [3.05, 3.63) is 35.9 Å². The zero-order valence-corrected chi connectivity index (χ0v) is 11.4. The van der Waals surface area contributed by atoms with Crippen molar-refractivity contribution in [3.63, 3.8) is 0 Å². The van der Waals surface area contributed by atoms with Crippen LogP contribution in [0, 0.1) is 0 Å². The van der Waals surface area contributed by atoms with Crippen LogP contribution in [-0.2, 0) is 9.53 Å². The van der Waals surface area contributed by atoms with Crippen molar-refractivity contribution in [1.29, 1.82) is 0 Å². The molecule has 4 nitrogen and oxygen atoms in total. The Morgan fingerprint density at radius 3 is 2.44 bits per heavy atom. The molecule has 0 aliphatic carbocycles. The van der Waals surface area contributed by atoms with Gasteiger partial charge >= 0.3 is 5.97 Å². The molecule has 0 fully saturated rings. The van der Waals surface area contributed by atoms with E-state index in [1.807, 2.05) is 30.3 Å². The van der Waals surface area contributed by atoms with E-state index in [0.29, 0.717) is 0 Å². The summed E-state index contributed by atoms with van der Waals surface area (Å²) in [6, 6.07) is 9.96. The molecule has 1 aromatic carbocycles. The highest BCUT2D eigenvalue weighted by atomic mass is 16.6. The summed E-state index contributed by atoms with van der Waals surface area (Å²) in [5.74, 6) is -0.355. The summed E-state index contributed by atoms with van der Waals surface area (Å²) in [4.78, 5) is 10.9. The number of azo groups is 1. The Balaban J connectivity index is 2.77. The van der Waals surface area contributed by atoms with E-state index in [9.17, 15) is 4.79 Å². The van der Waals surface area contributed by atoms with E-state index < -0.39 is 5.72 Å². The van der Waals surface area contributed by atoms with E-state index in [-0.39, 0.29) is 12.0 Å². The van der Waals surface area contributed by atoms with E-state index in [4.69, 9.17) is 4.74 Å². The van der Waals surface area contributed by atoms with Gasteiger partial charge in [0.05, 0.1) is 6.04 Å². The quantitative estimate of drug-likeness (QED) is 0.586. The second-order valence-corrected chi connectivity index (χ2v) is 4.59. The molecule has 0 saturated heterocycles. The number of benzene rings is 1. The third-order valence-corrected chi connectivity index (χ3v) is 2.40. The molecule has 1 unspecified atom stereocenters. The Morgan fingerprint density at radius 1 is 1.33 bits per heavy atom. The van der Waals surface area contributed by atoms with E-state index in [2.05, 4.69) is 17.2 Å². The van der Waals surface area contributed by atoms with Gasteiger partial charge in [-0.3, -0.25) is 4.79 Å². The van der Waals surface area contributed by atoms with E-state index in [1.165, 1.54) is 6.92 Å². The number of rotatable bonds is 5. The van der Waals surface area contributed by atoms with Crippen LogP contribution in [0.15, 0.2) is 40.6 Å². The van der Waals surface area contributed by atoms with Gasteiger partial charge in [0.25, 0.3) is 0 Å². The maximum Gasteiger partial charge on any atom is 0.304 e. The molecule has 0 saturated carbocycles. The molecule has 0 aliphatic rings. The fourth-order valence-corrected chi connectivity index (χ4v) is 1.64. The van der Waals surface area contributed by atoms with Crippen LogP contribution >= 0.6 is 0 Å². The second-order valence-electron chi connectivity index (χ2n) is 4.59. The van der Waals surface area contributed by atoms with Gasteiger partial charge in [-0.25, -0.2) is 0 Å². The lowest BCUT2D eigenvalue weighted by Crippen LogP contribution is -2.23. The monoisotopic (exact) mass is 248 g/mol. The lowest BCUT2D eigenvalue weighted by atomic mass is 10.1. The van der Waals surface area contributed by atoms with Crippen molar-refractivity contribution in [2.45, 2.75) is 45.9 Å². The predicted octanol–water partition coefficient (Wildman–Crippen LogP) is 3.89. The van der Waals surface area contributed by atoms with Gasteiger partial charge in [0.2, 0.25) is 5.72 Å². The van der Waals surface area contributed by atoms with E-state index >= 15 is 0 Å². The first-order chi connectivity index (χ1) is 8.44. The van der Waals surface area contributed by atoms with Crippen molar-refractivity contribution < 1.29 is 9.53 Å². The predicted molar refractivity (Wildman–Crippen MR) is 70.2 cm³/mol. The van der Waals surface area contributed by atoms with Crippen molar-refractivity contribution in [1.82, 2.24) is 0 Å². The molecule has 18 heavy (non-hydrogen) atoms. The van der Waals surface area contributed by atoms with Crippen LogP contribution in [0.25, 0.3) is 0 Å². The molecule has 1 aromatic rings. The standard InChI is InChI=1S/C14H20N2O2/c1-5-13(12-9-7-6-8-10-12)15-16-14(3,4)18-11(2)17/h6-10,13H,5H2,1-4H3. The topological polar surface area (TPSA) is 51.0 Å². The minimum Gasteiger partial charge on any atom is -0.436 e. The zero-order chi connectivity index (χ0) is 13.6. The van der Waals surface area contributed by atoms with Crippen molar-refractivity contribution >= 4 is 5.97 Å². The van der Waals surface area contributed by atoms with Crippen LogP contribution in [0.5, 0.6) is 0 Å². The average molecular weight is 248 g/mol. The molecule has 1 atom stereocenters. The summed E-state index contributed by atoms with van der Waals surface area (Å²) < 4.78 is 5.07. The Labute approximate surface area is 108 Å². The number of hydrogen-bond donors (Lipinski definition) is 0. The van der Waals surface area contributed by atoms with Gasteiger partial charge < -0.3 is 4.74 Å². The summed E-state index contributed by atoms with van der Waals surface area (Å²) in [6.07, 6.45) is 0.851. The fourth-order valence-electron chi connectivity index (χ4n) is 1.64. The highest BCUT2D eigenvalue weighted by Crippen LogP contribution is 2.23. The molecular weight excluding hydrogens is 228 g/mol. The first-order valence-electron chi connectivity index (χ1n) is 6.11. The summed E-state index contributed by atoms with van der Waals surface area (Å²) in [6.45, 7) is 6.85. The summed E-state index contributed by atoms with van der Waals surface area (Å²) in [5, 5.41) is 8.41. The normalized spacial score (nSPS) is 13.6. The van der Waals surface area contributed by atoms with Crippen molar-refractivity contribution in [3.8, 4) is 0 Å². The highest BCUT2D eigenvalue weighted by Gasteiger charge is 2.20. The number of carbonyl (C=O) groups is 1. The number of esters is 1. The minimum atomic E-state index is -0.909.